The summed E-state index contributed by atoms with van der Waals surface area (Å²) >= 11 is 0. The zero-order valence-electron chi connectivity index (χ0n) is 73.5. The average Bonchev–Trinajstić information content (AvgIpc) is 0.779. The van der Waals surface area contributed by atoms with Gasteiger partial charge in [-0.3, -0.25) is 4.79 Å². The lowest BCUT2D eigenvalue weighted by atomic mass is 9.96. The van der Waals surface area contributed by atoms with E-state index in [2.05, 4.69) is 92.1 Å². The molecule has 116 heavy (non-hydrogen) atoms. The molecule has 19 nitrogen and oxygen atoms in total. The van der Waals surface area contributed by atoms with Gasteiger partial charge in [-0.15, -0.1) is 0 Å². The van der Waals surface area contributed by atoms with Crippen LogP contribution >= 0.6 is 0 Å². The SMILES string of the molecule is CC/C=C\C/C=C\C/C=C\C/C=C\C/C=C\C/C=C\CCCCCCCCCCCCCCCCCCCCCCC(=O)NC(COC1OC(CO)C(OC2OC(CO)C(OC3OC(CO)C(O)C(O)C3O)C(O)C2O)C(O)C1O)C(O)CCCCCCCCCCCCCCCCCCCCCCCCCCCCCCCCCC. The Morgan fingerprint density at radius 1 is 0.319 bits per heavy atom. The van der Waals surface area contributed by atoms with Crippen molar-refractivity contribution in [1.82, 2.24) is 5.32 Å². The number of rotatable bonds is 79. The number of allylic oxidation sites excluding steroid dienone is 12. The number of hydrogen-bond donors (Lipinski definition) is 12. The van der Waals surface area contributed by atoms with Crippen LogP contribution in [0.25, 0.3) is 0 Å². The fourth-order valence-corrected chi connectivity index (χ4v) is 16.2. The van der Waals surface area contributed by atoms with Crippen molar-refractivity contribution in [2.75, 3.05) is 26.4 Å². The maximum absolute atomic E-state index is 13.6. The van der Waals surface area contributed by atoms with Crippen LogP contribution in [0.1, 0.15) is 406 Å². The zero-order chi connectivity index (χ0) is 83.8. The Balaban J connectivity index is 1.29. The van der Waals surface area contributed by atoms with Gasteiger partial charge in [-0.05, 0) is 64.2 Å². The number of aliphatic hydroxyl groups is 11. The molecule has 0 aromatic carbocycles. The van der Waals surface area contributed by atoms with Gasteiger partial charge in [-0.25, -0.2) is 0 Å². The van der Waals surface area contributed by atoms with Gasteiger partial charge in [0.15, 0.2) is 18.9 Å². The van der Waals surface area contributed by atoms with Gasteiger partial charge in [-0.2, -0.15) is 0 Å². The minimum Gasteiger partial charge on any atom is -0.394 e. The second kappa shape index (κ2) is 75.9. The van der Waals surface area contributed by atoms with E-state index < -0.39 is 124 Å². The van der Waals surface area contributed by atoms with Crippen LogP contribution in [0.4, 0.5) is 0 Å². The first kappa shape index (κ1) is 107. The molecule has 0 aromatic rings. The number of aliphatic hydroxyl groups excluding tert-OH is 11. The van der Waals surface area contributed by atoms with Crippen molar-refractivity contribution >= 4 is 5.91 Å². The van der Waals surface area contributed by atoms with Crippen LogP contribution in [-0.2, 0) is 33.2 Å². The molecule has 0 spiro atoms. The maximum Gasteiger partial charge on any atom is 0.220 e. The quantitative estimate of drug-likeness (QED) is 0.0199. The molecule has 17 unspecified atom stereocenters. The first-order chi connectivity index (χ1) is 56.8. The number of hydrogen-bond acceptors (Lipinski definition) is 18. The second-order valence-electron chi connectivity index (χ2n) is 34.2. The minimum atomic E-state index is -1.97. The molecule has 19 heteroatoms. The maximum atomic E-state index is 13.6. The lowest BCUT2D eigenvalue weighted by molar-refractivity contribution is -0.379. The highest BCUT2D eigenvalue weighted by molar-refractivity contribution is 5.76. The predicted molar refractivity (Wildman–Crippen MR) is 471 cm³/mol. The Kier molecular flexibility index (Phi) is 70.3. The Morgan fingerprint density at radius 2 is 0.595 bits per heavy atom. The number of carbonyl (C=O) groups is 1. The van der Waals surface area contributed by atoms with Crippen LogP contribution in [0.5, 0.6) is 0 Å². The molecule has 3 aliphatic heterocycles. The van der Waals surface area contributed by atoms with E-state index in [4.69, 9.17) is 28.4 Å². The van der Waals surface area contributed by atoms with Crippen molar-refractivity contribution in [3.63, 3.8) is 0 Å². The van der Waals surface area contributed by atoms with E-state index in [1.54, 1.807) is 0 Å². The Hall–Kier alpha value is -2.77. The summed E-state index contributed by atoms with van der Waals surface area (Å²) in [7, 11) is 0. The normalized spacial score (nSPS) is 24.8. The molecule has 12 N–H and O–H groups in total. The smallest absolute Gasteiger partial charge is 0.220 e. The molecule has 1 amide bonds. The summed E-state index contributed by atoms with van der Waals surface area (Å²) in [6, 6.07) is -0.891. The first-order valence-electron chi connectivity index (χ1n) is 48.2. The third-order valence-electron chi connectivity index (χ3n) is 23.8. The molecular weight excluding hydrogens is 1470 g/mol. The molecule has 0 aromatic heterocycles. The number of carbonyl (C=O) groups excluding carboxylic acids is 1. The summed E-state index contributed by atoms with van der Waals surface area (Å²) in [5, 5.41) is 122. The Labute approximate surface area is 706 Å². The summed E-state index contributed by atoms with van der Waals surface area (Å²) in [6.45, 7) is 1.75. The Morgan fingerprint density at radius 3 is 0.931 bits per heavy atom. The highest BCUT2D eigenvalue weighted by Gasteiger charge is 2.54. The van der Waals surface area contributed by atoms with Gasteiger partial charge in [-0.1, -0.05) is 408 Å². The lowest BCUT2D eigenvalue weighted by Gasteiger charge is -2.48. The van der Waals surface area contributed by atoms with Gasteiger partial charge in [0.2, 0.25) is 5.91 Å². The van der Waals surface area contributed by atoms with Crippen molar-refractivity contribution in [1.29, 1.82) is 0 Å². The number of ether oxygens (including phenoxy) is 6. The van der Waals surface area contributed by atoms with Crippen LogP contribution < -0.4 is 5.32 Å². The van der Waals surface area contributed by atoms with E-state index in [9.17, 15) is 61.0 Å². The zero-order valence-corrected chi connectivity index (χ0v) is 73.5. The fraction of sp³-hybridized carbons (Fsp3) is 0.866. The van der Waals surface area contributed by atoms with Crippen molar-refractivity contribution < 1.29 is 89.4 Å². The van der Waals surface area contributed by atoms with E-state index >= 15 is 0 Å². The first-order valence-corrected chi connectivity index (χ1v) is 48.2. The van der Waals surface area contributed by atoms with Crippen molar-refractivity contribution in [3.8, 4) is 0 Å². The monoisotopic (exact) mass is 1640 g/mol. The van der Waals surface area contributed by atoms with Gasteiger partial charge in [0.25, 0.3) is 0 Å². The fourth-order valence-electron chi connectivity index (χ4n) is 16.2. The van der Waals surface area contributed by atoms with E-state index in [1.165, 1.54) is 289 Å². The lowest BCUT2D eigenvalue weighted by Crippen LogP contribution is -2.66. The van der Waals surface area contributed by atoms with Gasteiger partial charge < -0.3 is 89.9 Å². The molecule has 3 rings (SSSR count). The molecule has 678 valence electrons. The third kappa shape index (κ3) is 53.3. The molecule has 0 aliphatic carbocycles. The second-order valence-corrected chi connectivity index (χ2v) is 34.2. The van der Waals surface area contributed by atoms with Gasteiger partial charge in [0, 0.05) is 6.42 Å². The number of nitrogens with one attached hydrogen (secondary N) is 1. The van der Waals surface area contributed by atoms with Crippen molar-refractivity contribution in [3.05, 3.63) is 72.9 Å². The molecule has 3 aliphatic rings. The van der Waals surface area contributed by atoms with Gasteiger partial charge in [0.05, 0.1) is 38.6 Å². The highest BCUT2D eigenvalue weighted by atomic mass is 16.8. The Bertz CT molecular complexity index is 2370. The third-order valence-corrected chi connectivity index (χ3v) is 23.8. The van der Waals surface area contributed by atoms with Crippen LogP contribution in [0.2, 0.25) is 0 Å². The van der Waals surface area contributed by atoms with Gasteiger partial charge >= 0.3 is 0 Å². The van der Waals surface area contributed by atoms with Crippen molar-refractivity contribution in [2.24, 2.45) is 0 Å². The minimum absolute atomic E-state index is 0.236. The summed E-state index contributed by atoms with van der Waals surface area (Å²) in [5.41, 5.74) is 0. The summed E-state index contributed by atoms with van der Waals surface area (Å²) < 4.78 is 34.6. The highest BCUT2D eigenvalue weighted by Crippen LogP contribution is 2.34. The van der Waals surface area contributed by atoms with Crippen LogP contribution in [-0.4, -0.2) is 193 Å². The number of unbranched alkanes of at least 4 members (excludes halogenated alkanes) is 51. The summed E-state index contributed by atoms with van der Waals surface area (Å²) in [4.78, 5) is 13.6. The molecule has 17 atom stereocenters. The molecule has 3 heterocycles. The average molecular weight is 1650 g/mol. The van der Waals surface area contributed by atoms with E-state index in [-0.39, 0.29) is 18.9 Å². The van der Waals surface area contributed by atoms with E-state index in [0.29, 0.717) is 12.8 Å². The summed E-state index contributed by atoms with van der Waals surface area (Å²) in [6.07, 6.45) is 76.0. The predicted octanol–water partition coefficient (Wildman–Crippen LogP) is 19.5. The largest absolute Gasteiger partial charge is 0.394 e. The van der Waals surface area contributed by atoms with Crippen LogP contribution in [0.15, 0.2) is 72.9 Å². The molecule has 3 fully saturated rings. The van der Waals surface area contributed by atoms with E-state index in [1.807, 2.05) is 0 Å². The number of amides is 1. The van der Waals surface area contributed by atoms with Crippen LogP contribution in [0.3, 0.4) is 0 Å². The van der Waals surface area contributed by atoms with Crippen LogP contribution in [0, 0.1) is 0 Å². The van der Waals surface area contributed by atoms with Gasteiger partial charge in [0.1, 0.15) is 73.2 Å². The van der Waals surface area contributed by atoms with Crippen molar-refractivity contribution in [2.45, 2.75) is 510 Å². The molecule has 0 saturated carbocycles. The topological polar surface area (TPSA) is 307 Å². The van der Waals surface area contributed by atoms with E-state index in [0.717, 1.165) is 83.5 Å². The molecular formula is C97H177NO18. The molecule has 3 saturated heterocycles. The molecule has 0 radical (unpaired) electrons. The summed E-state index contributed by atoms with van der Waals surface area (Å²) in [5.74, 6) is -0.236. The standard InChI is InChI=1S/C97H177NO18/c1-3-5-7-9-11-13-15-17-19-21-23-25-27-29-31-33-35-37-38-39-40-41-42-43-45-47-49-51-53-55-57-59-61-63-65-67-69-71-73-75-85(103)98-80(81(102)74-72-70-68-66-64-62-60-58-56-54-52-50-48-46-44-36-34-32-30-28-26-24-22-20-18-16-14-12-10-8-6-4-2)79-111-95-91(109)88(106)93(83(77-100)113-95)116-97-92(110)89(107)94(84(78-101)114-97)115-96-90(108)87(105)86(104)82(76-99)112-96/h5,7,11,13,17,19,23,25,29,31,35,37,80-84,86-97,99-102,104-110H,3-4,6,8-10,12,14-16,18,20-22,24,26-28,30,32-34,36,38-79H2,1-2H3,(H,98,103)/b7-5-,13-11-,19-17-,25-23-,31-29-,37-35-. The molecule has 0 bridgehead atoms.